The van der Waals surface area contributed by atoms with Gasteiger partial charge in [-0.3, -0.25) is 14.3 Å². The molecule has 0 aromatic carbocycles. The molecule has 0 saturated heterocycles. The molecule has 0 atom stereocenters. The fourth-order valence-corrected chi connectivity index (χ4v) is 1.43. The van der Waals surface area contributed by atoms with Gasteiger partial charge in [-0.15, -0.1) is 0 Å². The Labute approximate surface area is 85.0 Å². The van der Waals surface area contributed by atoms with Crippen LogP contribution in [0.1, 0.15) is 12.8 Å². The molecule has 1 aromatic heterocycles. The molecule has 0 spiro atoms. The lowest BCUT2D eigenvalue weighted by molar-refractivity contribution is 0.506. The summed E-state index contributed by atoms with van der Waals surface area (Å²) in [5, 5.41) is 8.86. The van der Waals surface area contributed by atoms with Crippen LogP contribution in [0, 0.1) is 16.7 Å². The van der Waals surface area contributed by atoms with Crippen LogP contribution in [-0.4, -0.2) is 9.55 Å². The van der Waals surface area contributed by atoms with E-state index >= 15 is 0 Å². The smallest absolute Gasteiger partial charge is 0.328 e. The van der Waals surface area contributed by atoms with Gasteiger partial charge >= 0.3 is 5.69 Å². The Morgan fingerprint density at radius 2 is 2.27 bits per heavy atom. The van der Waals surface area contributed by atoms with Crippen molar-refractivity contribution in [2.45, 2.75) is 19.4 Å². The second-order valence-electron chi connectivity index (χ2n) is 3.86. The summed E-state index contributed by atoms with van der Waals surface area (Å²) in [6.07, 6.45) is 2.86. The number of nitrogens with one attached hydrogen (secondary N) is 1. The number of nitrogen functional groups attached to an aromatic ring is 1. The summed E-state index contributed by atoms with van der Waals surface area (Å²) in [7, 11) is 0. The number of nitrogens with two attached hydrogens (primary N) is 1. The van der Waals surface area contributed by atoms with E-state index in [1.165, 1.54) is 10.8 Å². The molecule has 2 rings (SSSR count). The third-order valence-corrected chi connectivity index (χ3v) is 2.60. The molecule has 1 heterocycles. The first-order valence-corrected chi connectivity index (χ1v) is 4.57. The standard InChI is InChI=1S/C9H10N4O2/c10-4-9(1-2-9)5-13-3-6(11)7(14)12-8(13)15/h3H,1-2,5,11H2,(H,12,14,15). The van der Waals surface area contributed by atoms with Crippen LogP contribution in [0.5, 0.6) is 0 Å². The van der Waals surface area contributed by atoms with Gasteiger partial charge in [0.05, 0.1) is 11.5 Å². The Bertz CT molecular complexity index is 544. The van der Waals surface area contributed by atoms with E-state index in [1.807, 2.05) is 0 Å². The zero-order valence-electron chi connectivity index (χ0n) is 7.99. The predicted molar refractivity (Wildman–Crippen MR) is 53.0 cm³/mol. The van der Waals surface area contributed by atoms with Crippen molar-refractivity contribution in [3.63, 3.8) is 0 Å². The van der Waals surface area contributed by atoms with Gasteiger partial charge in [-0.05, 0) is 12.8 Å². The van der Waals surface area contributed by atoms with Crippen LogP contribution in [0.4, 0.5) is 5.69 Å². The maximum atomic E-state index is 11.4. The van der Waals surface area contributed by atoms with E-state index in [-0.39, 0.29) is 5.69 Å². The topological polar surface area (TPSA) is 105 Å². The van der Waals surface area contributed by atoms with Crippen molar-refractivity contribution in [3.8, 4) is 6.07 Å². The fourth-order valence-electron chi connectivity index (χ4n) is 1.43. The Balaban J connectivity index is 2.38. The highest BCUT2D eigenvalue weighted by Gasteiger charge is 2.43. The Kier molecular flexibility index (Phi) is 1.89. The molecule has 1 fully saturated rings. The summed E-state index contributed by atoms with van der Waals surface area (Å²) in [5.74, 6) is 0. The van der Waals surface area contributed by atoms with Gasteiger partial charge in [0.15, 0.2) is 0 Å². The number of rotatable bonds is 2. The van der Waals surface area contributed by atoms with Crippen molar-refractivity contribution < 1.29 is 0 Å². The molecule has 0 unspecified atom stereocenters. The number of aromatic amines is 1. The minimum atomic E-state index is -0.585. The van der Waals surface area contributed by atoms with Gasteiger partial charge in [0.2, 0.25) is 0 Å². The number of anilines is 1. The molecular formula is C9H10N4O2. The van der Waals surface area contributed by atoms with Crippen LogP contribution in [0.25, 0.3) is 0 Å². The van der Waals surface area contributed by atoms with Gasteiger partial charge in [-0.25, -0.2) is 4.79 Å². The number of hydrogen-bond acceptors (Lipinski definition) is 4. The third kappa shape index (κ3) is 1.64. The Morgan fingerprint density at radius 1 is 1.60 bits per heavy atom. The molecule has 0 bridgehead atoms. The molecule has 78 valence electrons. The second-order valence-corrected chi connectivity index (χ2v) is 3.86. The van der Waals surface area contributed by atoms with E-state index in [9.17, 15) is 9.59 Å². The van der Waals surface area contributed by atoms with Gasteiger partial charge in [-0.2, -0.15) is 5.26 Å². The van der Waals surface area contributed by atoms with Crippen LogP contribution in [0.2, 0.25) is 0 Å². The molecule has 0 radical (unpaired) electrons. The highest BCUT2D eigenvalue weighted by atomic mass is 16.2. The van der Waals surface area contributed by atoms with Crippen molar-refractivity contribution >= 4 is 5.69 Å². The summed E-state index contributed by atoms with van der Waals surface area (Å²) < 4.78 is 1.28. The summed E-state index contributed by atoms with van der Waals surface area (Å²) in [5.41, 5.74) is 3.83. The minimum Gasteiger partial charge on any atom is -0.393 e. The molecule has 1 aliphatic carbocycles. The average molecular weight is 206 g/mol. The van der Waals surface area contributed by atoms with Crippen molar-refractivity contribution in [3.05, 3.63) is 27.0 Å². The summed E-state index contributed by atoms with van der Waals surface area (Å²) in [6.45, 7) is 0.295. The summed E-state index contributed by atoms with van der Waals surface area (Å²) in [4.78, 5) is 24.4. The monoisotopic (exact) mass is 206 g/mol. The van der Waals surface area contributed by atoms with E-state index < -0.39 is 16.7 Å². The fraction of sp³-hybridized carbons (Fsp3) is 0.444. The highest BCUT2D eigenvalue weighted by Crippen LogP contribution is 2.45. The minimum absolute atomic E-state index is 0.0108. The molecule has 0 aliphatic heterocycles. The highest BCUT2D eigenvalue weighted by molar-refractivity contribution is 5.30. The molecule has 6 heteroatoms. The largest absolute Gasteiger partial charge is 0.393 e. The number of aromatic nitrogens is 2. The van der Waals surface area contributed by atoms with Crippen LogP contribution < -0.4 is 17.0 Å². The SMILES string of the molecule is N#CC1(Cn2cc(N)c(=O)[nH]c2=O)CC1. The van der Waals surface area contributed by atoms with E-state index in [2.05, 4.69) is 11.1 Å². The lowest BCUT2D eigenvalue weighted by atomic mass is 10.1. The van der Waals surface area contributed by atoms with E-state index in [0.717, 1.165) is 12.8 Å². The first-order chi connectivity index (χ1) is 7.06. The molecule has 0 amide bonds. The zero-order chi connectivity index (χ0) is 11.1. The van der Waals surface area contributed by atoms with E-state index in [0.29, 0.717) is 6.54 Å². The predicted octanol–water partition coefficient (Wildman–Crippen LogP) is -0.577. The van der Waals surface area contributed by atoms with Gasteiger partial charge in [-0.1, -0.05) is 0 Å². The van der Waals surface area contributed by atoms with Crippen LogP contribution in [0.3, 0.4) is 0 Å². The normalized spacial score (nSPS) is 17.0. The first-order valence-electron chi connectivity index (χ1n) is 4.57. The second kappa shape index (κ2) is 2.98. The van der Waals surface area contributed by atoms with Crippen molar-refractivity contribution in [1.82, 2.24) is 9.55 Å². The molecule has 1 aromatic rings. The summed E-state index contributed by atoms with van der Waals surface area (Å²) in [6, 6.07) is 2.17. The van der Waals surface area contributed by atoms with Crippen LogP contribution in [0.15, 0.2) is 15.8 Å². The van der Waals surface area contributed by atoms with Gasteiger partial charge in [0, 0.05) is 12.7 Å². The molecule has 15 heavy (non-hydrogen) atoms. The Morgan fingerprint density at radius 3 is 2.80 bits per heavy atom. The van der Waals surface area contributed by atoms with E-state index in [1.54, 1.807) is 0 Å². The molecule has 1 aliphatic rings. The number of nitriles is 1. The number of hydrogen-bond donors (Lipinski definition) is 2. The number of H-pyrrole nitrogens is 1. The first kappa shape index (κ1) is 9.52. The van der Waals surface area contributed by atoms with E-state index in [4.69, 9.17) is 11.0 Å². The van der Waals surface area contributed by atoms with Gasteiger partial charge in [0.1, 0.15) is 5.69 Å². The van der Waals surface area contributed by atoms with Crippen LogP contribution in [-0.2, 0) is 6.54 Å². The summed E-state index contributed by atoms with van der Waals surface area (Å²) >= 11 is 0. The lowest BCUT2D eigenvalue weighted by Gasteiger charge is -2.08. The zero-order valence-corrected chi connectivity index (χ0v) is 7.99. The number of nitrogens with zero attached hydrogens (tertiary/aromatic N) is 2. The van der Waals surface area contributed by atoms with Crippen molar-refractivity contribution in [2.75, 3.05) is 5.73 Å². The molecule has 1 saturated carbocycles. The van der Waals surface area contributed by atoms with Crippen LogP contribution >= 0.6 is 0 Å². The van der Waals surface area contributed by atoms with Gasteiger partial charge in [0.25, 0.3) is 5.56 Å². The lowest BCUT2D eigenvalue weighted by Crippen LogP contribution is -2.32. The average Bonchev–Trinajstić information content (AvgIpc) is 2.95. The van der Waals surface area contributed by atoms with Crippen molar-refractivity contribution in [1.29, 1.82) is 5.26 Å². The molecule has 3 N–H and O–H groups in total. The third-order valence-electron chi connectivity index (χ3n) is 2.60. The molecule has 6 nitrogen and oxygen atoms in total. The quantitative estimate of drug-likeness (QED) is 0.675. The maximum absolute atomic E-state index is 11.4. The Hall–Kier alpha value is -2.03. The molecular weight excluding hydrogens is 196 g/mol. The maximum Gasteiger partial charge on any atom is 0.328 e. The van der Waals surface area contributed by atoms with Crippen molar-refractivity contribution in [2.24, 2.45) is 5.41 Å². The van der Waals surface area contributed by atoms with Gasteiger partial charge < -0.3 is 5.73 Å².